The first-order valence-electron chi connectivity index (χ1n) is 7.14. The average molecular weight is 273 g/mol. The predicted molar refractivity (Wildman–Crippen MR) is 73.1 cm³/mol. The zero-order valence-corrected chi connectivity index (χ0v) is 12.4. The highest BCUT2D eigenvalue weighted by molar-refractivity contribution is 5.80. The molecular weight excluding hydrogens is 246 g/mol. The van der Waals surface area contributed by atoms with Crippen LogP contribution in [0.15, 0.2) is 0 Å². The van der Waals surface area contributed by atoms with Gasteiger partial charge in [0.05, 0.1) is 19.8 Å². The molecule has 0 radical (unpaired) electrons. The molecule has 1 saturated carbocycles. The van der Waals surface area contributed by atoms with E-state index in [4.69, 9.17) is 14.2 Å². The lowest BCUT2D eigenvalue weighted by atomic mass is 9.95. The van der Waals surface area contributed by atoms with E-state index >= 15 is 0 Å². The third-order valence-corrected chi connectivity index (χ3v) is 3.22. The first-order valence-corrected chi connectivity index (χ1v) is 7.14. The first kappa shape index (κ1) is 16.4. The Hall–Kier alpha value is -0.650. The standard InChI is InChI=1S/C14H27NO4/c1-4-19-13(16)14(2,15-12-6-7-12)8-5-9-18-11-10-17-3/h12,15H,4-11H2,1-3H3. The zero-order valence-electron chi connectivity index (χ0n) is 12.4. The van der Waals surface area contributed by atoms with E-state index in [1.54, 1.807) is 7.11 Å². The van der Waals surface area contributed by atoms with Crippen LogP contribution in [0.5, 0.6) is 0 Å². The summed E-state index contributed by atoms with van der Waals surface area (Å²) in [5, 5.41) is 3.40. The van der Waals surface area contributed by atoms with Crippen LogP contribution in [0.2, 0.25) is 0 Å². The average Bonchev–Trinajstić information content (AvgIpc) is 3.17. The van der Waals surface area contributed by atoms with Gasteiger partial charge in [0.2, 0.25) is 0 Å². The van der Waals surface area contributed by atoms with Crippen LogP contribution in [0.1, 0.15) is 39.5 Å². The van der Waals surface area contributed by atoms with Crippen LogP contribution in [-0.2, 0) is 19.0 Å². The van der Waals surface area contributed by atoms with E-state index in [9.17, 15) is 4.79 Å². The van der Waals surface area contributed by atoms with E-state index in [0.29, 0.717) is 32.5 Å². The quantitative estimate of drug-likeness (QED) is 0.457. The van der Waals surface area contributed by atoms with E-state index in [1.165, 1.54) is 0 Å². The molecule has 0 heterocycles. The van der Waals surface area contributed by atoms with Gasteiger partial charge in [0, 0.05) is 19.8 Å². The molecule has 0 aromatic rings. The van der Waals surface area contributed by atoms with Gasteiger partial charge in [-0.15, -0.1) is 0 Å². The minimum Gasteiger partial charge on any atom is -0.465 e. The molecule has 0 aromatic carbocycles. The van der Waals surface area contributed by atoms with Crippen molar-refractivity contribution in [1.82, 2.24) is 5.32 Å². The summed E-state index contributed by atoms with van der Waals surface area (Å²) in [7, 11) is 1.65. The van der Waals surface area contributed by atoms with E-state index < -0.39 is 5.54 Å². The fourth-order valence-electron chi connectivity index (χ4n) is 1.97. The lowest BCUT2D eigenvalue weighted by molar-refractivity contribution is -0.151. The molecule has 1 fully saturated rings. The van der Waals surface area contributed by atoms with Crippen molar-refractivity contribution in [2.45, 2.75) is 51.1 Å². The number of esters is 1. The fourth-order valence-corrected chi connectivity index (χ4v) is 1.97. The maximum Gasteiger partial charge on any atom is 0.326 e. The highest BCUT2D eigenvalue weighted by atomic mass is 16.5. The monoisotopic (exact) mass is 273 g/mol. The van der Waals surface area contributed by atoms with Crippen LogP contribution < -0.4 is 5.32 Å². The Balaban J connectivity index is 2.29. The predicted octanol–water partition coefficient (Wildman–Crippen LogP) is 1.50. The Bertz CT molecular complexity index is 268. The van der Waals surface area contributed by atoms with Gasteiger partial charge in [-0.2, -0.15) is 0 Å². The second kappa shape index (κ2) is 8.51. The second-order valence-electron chi connectivity index (χ2n) is 5.18. The van der Waals surface area contributed by atoms with Crippen molar-refractivity contribution in [2.24, 2.45) is 0 Å². The second-order valence-corrected chi connectivity index (χ2v) is 5.18. The summed E-state index contributed by atoms with van der Waals surface area (Å²) in [5.74, 6) is -0.154. The Morgan fingerprint density at radius 2 is 2.05 bits per heavy atom. The van der Waals surface area contributed by atoms with Crippen molar-refractivity contribution in [1.29, 1.82) is 0 Å². The largest absolute Gasteiger partial charge is 0.465 e. The highest BCUT2D eigenvalue weighted by Crippen LogP contribution is 2.25. The smallest absolute Gasteiger partial charge is 0.326 e. The minimum atomic E-state index is -0.582. The van der Waals surface area contributed by atoms with Crippen molar-refractivity contribution in [3.8, 4) is 0 Å². The number of nitrogens with one attached hydrogen (secondary N) is 1. The Morgan fingerprint density at radius 1 is 1.32 bits per heavy atom. The van der Waals surface area contributed by atoms with Crippen molar-refractivity contribution < 1.29 is 19.0 Å². The third-order valence-electron chi connectivity index (χ3n) is 3.22. The Morgan fingerprint density at radius 3 is 2.63 bits per heavy atom. The molecule has 5 heteroatoms. The van der Waals surface area contributed by atoms with Gasteiger partial charge < -0.3 is 14.2 Å². The molecule has 5 nitrogen and oxygen atoms in total. The third kappa shape index (κ3) is 6.36. The van der Waals surface area contributed by atoms with E-state index in [0.717, 1.165) is 25.7 Å². The minimum absolute atomic E-state index is 0.154. The topological polar surface area (TPSA) is 56.8 Å². The molecule has 1 aliphatic rings. The van der Waals surface area contributed by atoms with Gasteiger partial charge in [-0.25, -0.2) is 0 Å². The molecule has 1 rings (SSSR count). The molecule has 112 valence electrons. The van der Waals surface area contributed by atoms with Crippen molar-refractivity contribution in [2.75, 3.05) is 33.5 Å². The van der Waals surface area contributed by atoms with Crippen LogP contribution >= 0.6 is 0 Å². The summed E-state index contributed by atoms with van der Waals surface area (Å²) in [5.41, 5.74) is -0.582. The summed E-state index contributed by atoms with van der Waals surface area (Å²) in [6.07, 6.45) is 3.87. The van der Waals surface area contributed by atoms with Crippen LogP contribution in [-0.4, -0.2) is 51.1 Å². The molecule has 1 unspecified atom stereocenters. The first-order chi connectivity index (χ1) is 9.12. The number of ether oxygens (including phenoxy) is 3. The molecule has 19 heavy (non-hydrogen) atoms. The molecule has 1 atom stereocenters. The van der Waals surface area contributed by atoms with Crippen molar-refractivity contribution >= 4 is 5.97 Å². The summed E-state index contributed by atoms with van der Waals surface area (Å²) in [6.45, 7) is 6.04. The SMILES string of the molecule is CCOC(=O)C(C)(CCCOCCOC)NC1CC1. The zero-order chi connectivity index (χ0) is 14.1. The lowest BCUT2D eigenvalue weighted by Gasteiger charge is -2.28. The molecule has 0 aromatic heterocycles. The molecule has 0 saturated heterocycles. The van der Waals surface area contributed by atoms with Crippen LogP contribution in [0.3, 0.4) is 0 Å². The van der Waals surface area contributed by atoms with Crippen LogP contribution in [0.25, 0.3) is 0 Å². The van der Waals surface area contributed by atoms with Gasteiger partial charge in [0.25, 0.3) is 0 Å². The van der Waals surface area contributed by atoms with Crippen LogP contribution in [0, 0.1) is 0 Å². The fraction of sp³-hybridized carbons (Fsp3) is 0.929. The summed E-state index contributed by atoms with van der Waals surface area (Å²) >= 11 is 0. The number of rotatable bonds is 11. The molecule has 0 spiro atoms. The molecular formula is C14H27NO4. The summed E-state index contributed by atoms with van der Waals surface area (Å²) in [4.78, 5) is 12.0. The molecule has 0 aliphatic heterocycles. The van der Waals surface area contributed by atoms with Gasteiger partial charge in [-0.3, -0.25) is 10.1 Å². The highest BCUT2D eigenvalue weighted by Gasteiger charge is 2.39. The van der Waals surface area contributed by atoms with Gasteiger partial charge in [-0.05, 0) is 39.5 Å². The number of hydrogen-bond donors (Lipinski definition) is 1. The van der Waals surface area contributed by atoms with E-state index in [2.05, 4.69) is 5.32 Å². The lowest BCUT2D eigenvalue weighted by Crippen LogP contribution is -2.51. The van der Waals surface area contributed by atoms with Gasteiger partial charge in [-0.1, -0.05) is 0 Å². The summed E-state index contributed by atoms with van der Waals surface area (Å²) < 4.78 is 15.5. The summed E-state index contributed by atoms with van der Waals surface area (Å²) in [6, 6.07) is 0.476. The molecule has 1 aliphatic carbocycles. The van der Waals surface area contributed by atoms with Crippen molar-refractivity contribution in [3.05, 3.63) is 0 Å². The van der Waals surface area contributed by atoms with Gasteiger partial charge in [0.15, 0.2) is 0 Å². The van der Waals surface area contributed by atoms with Crippen molar-refractivity contribution in [3.63, 3.8) is 0 Å². The number of carbonyl (C=O) groups excluding carboxylic acids is 1. The van der Waals surface area contributed by atoms with Crippen LogP contribution in [0.4, 0.5) is 0 Å². The number of methoxy groups -OCH3 is 1. The number of hydrogen-bond acceptors (Lipinski definition) is 5. The van der Waals surface area contributed by atoms with Gasteiger partial charge in [0.1, 0.15) is 5.54 Å². The maximum atomic E-state index is 12.0. The molecule has 0 bridgehead atoms. The van der Waals surface area contributed by atoms with E-state index in [1.807, 2.05) is 13.8 Å². The Labute approximate surface area is 116 Å². The van der Waals surface area contributed by atoms with E-state index in [-0.39, 0.29) is 5.97 Å². The normalized spacial score (nSPS) is 18.1. The van der Waals surface area contributed by atoms with Gasteiger partial charge >= 0.3 is 5.97 Å². The molecule has 1 N–H and O–H groups in total. The Kier molecular flexibility index (Phi) is 7.34. The maximum absolute atomic E-state index is 12.0. The molecule has 0 amide bonds. The number of carbonyl (C=O) groups is 1.